The molecular formula is C20H22N4O5. The molecule has 0 radical (unpaired) electrons. The third kappa shape index (κ3) is 5.44. The summed E-state index contributed by atoms with van der Waals surface area (Å²) in [7, 11) is 0. The van der Waals surface area contributed by atoms with Crippen molar-refractivity contribution < 1.29 is 23.6 Å². The van der Waals surface area contributed by atoms with Gasteiger partial charge in [0, 0.05) is 13.1 Å². The summed E-state index contributed by atoms with van der Waals surface area (Å²) in [6.45, 7) is 0.294. The van der Waals surface area contributed by atoms with Crippen LogP contribution in [0.4, 0.5) is 0 Å². The molecule has 0 atom stereocenters. The molecule has 0 aliphatic carbocycles. The average molecular weight is 398 g/mol. The number of nitrogens with zero attached hydrogens (tertiary/aromatic N) is 2. The maximum Gasteiger partial charge on any atom is 0.287 e. The zero-order chi connectivity index (χ0) is 20.6. The third-order valence-electron chi connectivity index (χ3n) is 4.40. The van der Waals surface area contributed by atoms with E-state index in [1.807, 2.05) is 30.3 Å². The molecule has 1 saturated heterocycles. The summed E-state index contributed by atoms with van der Waals surface area (Å²) in [5, 5.41) is 7.66. The number of carbonyl (C=O) groups excluding carboxylic acids is 4. The van der Waals surface area contributed by atoms with Crippen molar-refractivity contribution in [3.05, 3.63) is 60.1 Å². The van der Waals surface area contributed by atoms with Gasteiger partial charge in [-0.25, -0.2) is 10.0 Å². The fourth-order valence-electron chi connectivity index (χ4n) is 2.98. The monoisotopic (exact) mass is 398 g/mol. The number of nitrogens with one attached hydrogen (secondary N) is 2. The molecule has 4 amide bonds. The summed E-state index contributed by atoms with van der Waals surface area (Å²) >= 11 is 0. The smallest absolute Gasteiger partial charge is 0.287 e. The van der Waals surface area contributed by atoms with E-state index in [1.165, 1.54) is 22.3 Å². The van der Waals surface area contributed by atoms with E-state index in [2.05, 4.69) is 10.6 Å². The Labute approximate surface area is 167 Å². The van der Waals surface area contributed by atoms with Crippen molar-refractivity contribution in [3.8, 4) is 0 Å². The summed E-state index contributed by atoms with van der Waals surface area (Å²) < 4.78 is 4.97. The number of benzene rings is 1. The Morgan fingerprint density at radius 1 is 0.862 bits per heavy atom. The van der Waals surface area contributed by atoms with Crippen LogP contribution in [0.5, 0.6) is 0 Å². The maximum absolute atomic E-state index is 12.5. The summed E-state index contributed by atoms with van der Waals surface area (Å²) in [5.74, 6) is -1.46. The van der Waals surface area contributed by atoms with E-state index in [-0.39, 0.29) is 37.1 Å². The lowest BCUT2D eigenvalue weighted by atomic mass is 10.1. The highest BCUT2D eigenvalue weighted by Crippen LogP contribution is 2.11. The van der Waals surface area contributed by atoms with Crippen molar-refractivity contribution in [3.63, 3.8) is 0 Å². The minimum atomic E-state index is -0.506. The number of amides is 4. The topological polar surface area (TPSA) is 112 Å². The second kappa shape index (κ2) is 9.54. The summed E-state index contributed by atoms with van der Waals surface area (Å²) in [6.07, 6.45) is 2.17. The van der Waals surface area contributed by atoms with E-state index >= 15 is 0 Å². The third-order valence-corrected chi connectivity index (χ3v) is 4.40. The highest BCUT2D eigenvalue weighted by Gasteiger charge is 2.30. The van der Waals surface area contributed by atoms with Crippen LogP contribution in [-0.4, -0.2) is 59.8 Å². The summed E-state index contributed by atoms with van der Waals surface area (Å²) in [6, 6.07) is 12.3. The number of hydrogen-bond donors (Lipinski definition) is 2. The zero-order valence-electron chi connectivity index (χ0n) is 15.8. The fourth-order valence-corrected chi connectivity index (χ4v) is 2.98. The first-order valence-electron chi connectivity index (χ1n) is 9.27. The van der Waals surface area contributed by atoms with Crippen LogP contribution in [0.25, 0.3) is 0 Å². The molecule has 0 bridgehead atoms. The van der Waals surface area contributed by atoms with Gasteiger partial charge in [0.05, 0.1) is 25.8 Å². The molecule has 9 nitrogen and oxygen atoms in total. The van der Waals surface area contributed by atoms with E-state index in [9.17, 15) is 19.2 Å². The van der Waals surface area contributed by atoms with Gasteiger partial charge in [-0.15, -0.1) is 0 Å². The predicted octanol–water partition coefficient (Wildman–Crippen LogP) is 0.344. The molecule has 1 aliphatic heterocycles. The molecule has 1 aliphatic rings. The summed E-state index contributed by atoms with van der Waals surface area (Å²) in [5.41, 5.74) is 0.850. The average Bonchev–Trinajstić information content (AvgIpc) is 3.43. The van der Waals surface area contributed by atoms with Crippen molar-refractivity contribution in [2.24, 2.45) is 0 Å². The molecule has 2 heterocycles. The zero-order valence-corrected chi connectivity index (χ0v) is 15.8. The van der Waals surface area contributed by atoms with Crippen LogP contribution in [0.2, 0.25) is 0 Å². The van der Waals surface area contributed by atoms with Gasteiger partial charge in [-0.2, -0.15) is 0 Å². The molecule has 0 unspecified atom stereocenters. The predicted molar refractivity (Wildman–Crippen MR) is 102 cm³/mol. The molecule has 0 spiro atoms. The highest BCUT2D eigenvalue weighted by atomic mass is 16.3. The standard InChI is InChI=1S/C20H22N4O5/c25-17(12-15-6-2-1-3-7-15)21-13-18(26)23-9-5-10-24(23)19(27)14-22-20(28)16-8-4-11-29-16/h1-4,6-8,11H,5,9-10,12-14H2,(H,21,25)(H,22,28). The lowest BCUT2D eigenvalue weighted by Crippen LogP contribution is -2.51. The molecule has 9 heteroatoms. The molecule has 2 N–H and O–H groups in total. The normalized spacial score (nSPS) is 13.2. The first-order chi connectivity index (χ1) is 14.0. The number of hydrazine groups is 1. The van der Waals surface area contributed by atoms with Crippen molar-refractivity contribution in [2.45, 2.75) is 12.8 Å². The number of carbonyl (C=O) groups is 4. The van der Waals surface area contributed by atoms with Gasteiger partial charge in [-0.3, -0.25) is 19.2 Å². The molecule has 1 aromatic carbocycles. The molecule has 3 rings (SSSR count). The largest absolute Gasteiger partial charge is 0.459 e. The van der Waals surface area contributed by atoms with Gasteiger partial charge < -0.3 is 15.1 Å². The summed E-state index contributed by atoms with van der Waals surface area (Å²) in [4.78, 5) is 48.8. The maximum atomic E-state index is 12.5. The van der Waals surface area contributed by atoms with E-state index < -0.39 is 11.8 Å². The van der Waals surface area contributed by atoms with Crippen LogP contribution < -0.4 is 10.6 Å². The van der Waals surface area contributed by atoms with Crippen molar-refractivity contribution in [1.29, 1.82) is 0 Å². The Morgan fingerprint density at radius 3 is 2.14 bits per heavy atom. The lowest BCUT2D eigenvalue weighted by Gasteiger charge is -2.28. The van der Waals surface area contributed by atoms with Gasteiger partial charge in [-0.05, 0) is 24.1 Å². The van der Waals surface area contributed by atoms with Gasteiger partial charge in [0.25, 0.3) is 17.7 Å². The van der Waals surface area contributed by atoms with E-state index in [4.69, 9.17) is 4.42 Å². The fraction of sp³-hybridized carbons (Fsp3) is 0.300. The molecule has 1 fully saturated rings. The first-order valence-corrected chi connectivity index (χ1v) is 9.27. The Bertz CT molecular complexity index is 866. The van der Waals surface area contributed by atoms with Crippen molar-refractivity contribution in [2.75, 3.05) is 26.2 Å². The Morgan fingerprint density at radius 2 is 1.52 bits per heavy atom. The number of rotatable bonds is 7. The van der Waals surface area contributed by atoms with E-state index in [0.717, 1.165) is 5.56 Å². The van der Waals surface area contributed by atoms with Crippen molar-refractivity contribution >= 4 is 23.6 Å². The Balaban J connectivity index is 1.46. The van der Waals surface area contributed by atoms with Crippen LogP contribution >= 0.6 is 0 Å². The molecule has 1 aromatic heterocycles. The molecule has 2 aromatic rings. The van der Waals surface area contributed by atoms with Gasteiger partial charge in [0.15, 0.2) is 5.76 Å². The second-order valence-corrected chi connectivity index (χ2v) is 6.49. The number of hydrogen-bond acceptors (Lipinski definition) is 5. The molecule has 0 saturated carbocycles. The molecule has 29 heavy (non-hydrogen) atoms. The van der Waals surface area contributed by atoms with Gasteiger partial charge in [-0.1, -0.05) is 30.3 Å². The first kappa shape index (κ1) is 20.1. The Hall–Kier alpha value is -3.62. The van der Waals surface area contributed by atoms with Crippen LogP contribution in [0.3, 0.4) is 0 Å². The minimum absolute atomic E-state index is 0.105. The Kier molecular flexibility index (Phi) is 6.62. The van der Waals surface area contributed by atoms with Crippen molar-refractivity contribution in [1.82, 2.24) is 20.7 Å². The van der Waals surface area contributed by atoms with Gasteiger partial charge in [0.1, 0.15) is 0 Å². The number of furan rings is 1. The van der Waals surface area contributed by atoms with E-state index in [1.54, 1.807) is 6.07 Å². The van der Waals surface area contributed by atoms with Crippen LogP contribution in [0.1, 0.15) is 22.5 Å². The van der Waals surface area contributed by atoms with Crippen LogP contribution in [0, 0.1) is 0 Å². The second-order valence-electron chi connectivity index (χ2n) is 6.49. The van der Waals surface area contributed by atoms with Gasteiger partial charge >= 0.3 is 0 Å². The van der Waals surface area contributed by atoms with Crippen LogP contribution in [0.15, 0.2) is 53.1 Å². The van der Waals surface area contributed by atoms with Gasteiger partial charge in [0.2, 0.25) is 5.91 Å². The minimum Gasteiger partial charge on any atom is -0.459 e. The molecular weight excluding hydrogens is 376 g/mol. The highest BCUT2D eigenvalue weighted by molar-refractivity contribution is 5.94. The lowest BCUT2D eigenvalue weighted by molar-refractivity contribution is -0.156. The van der Waals surface area contributed by atoms with E-state index in [0.29, 0.717) is 19.5 Å². The SMILES string of the molecule is O=C(Cc1ccccc1)NCC(=O)N1CCCN1C(=O)CNC(=O)c1ccco1. The molecule has 152 valence electrons. The van der Waals surface area contributed by atoms with Crippen LogP contribution in [-0.2, 0) is 20.8 Å². The quantitative estimate of drug-likeness (QED) is 0.699.